The molecule has 8 nitrogen and oxygen atoms in total. The average Bonchev–Trinajstić information content (AvgIpc) is 2.62. The lowest BCUT2D eigenvalue weighted by atomic mass is 10.2. The molecule has 27 heavy (non-hydrogen) atoms. The standard InChI is InChI=1S/C19H24N6O2/c1-12(2)13(3)27-16-8-6-5-7-14(16)24-25-15-9-10-17(23-19(15)20)22-18(26)11-21-4/h5-10,12,21H,3,11H2,1-2,4H3,(H3,20,22,23,26)/b25-24+. The van der Waals surface area contributed by atoms with E-state index in [1.54, 1.807) is 31.3 Å². The highest BCUT2D eigenvalue weighted by molar-refractivity contribution is 5.91. The fraction of sp³-hybridized carbons (Fsp3) is 0.263. The maximum Gasteiger partial charge on any atom is 0.239 e. The quantitative estimate of drug-likeness (QED) is 0.484. The van der Waals surface area contributed by atoms with Gasteiger partial charge in [-0.15, -0.1) is 10.2 Å². The minimum absolute atomic E-state index is 0.158. The van der Waals surface area contributed by atoms with E-state index in [2.05, 4.69) is 32.4 Å². The number of nitrogens with zero attached hydrogens (tertiary/aromatic N) is 3. The van der Waals surface area contributed by atoms with Crippen LogP contribution in [0.1, 0.15) is 13.8 Å². The number of allylic oxidation sites excluding steroid dienone is 1. The number of para-hydroxylation sites is 1. The third kappa shape index (κ3) is 5.89. The second kappa shape index (κ2) is 9.44. The van der Waals surface area contributed by atoms with Crippen molar-refractivity contribution in [1.82, 2.24) is 10.3 Å². The number of nitrogens with one attached hydrogen (secondary N) is 2. The highest BCUT2D eigenvalue weighted by atomic mass is 16.5. The summed E-state index contributed by atoms with van der Waals surface area (Å²) in [4.78, 5) is 15.7. The molecule has 0 atom stereocenters. The normalized spacial score (nSPS) is 11.0. The molecule has 0 aliphatic rings. The van der Waals surface area contributed by atoms with Gasteiger partial charge >= 0.3 is 0 Å². The molecule has 0 aliphatic carbocycles. The summed E-state index contributed by atoms with van der Waals surface area (Å²) in [7, 11) is 1.68. The molecule has 0 bridgehead atoms. The molecule has 8 heteroatoms. The number of anilines is 2. The highest BCUT2D eigenvalue weighted by Crippen LogP contribution is 2.32. The summed E-state index contributed by atoms with van der Waals surface area (Å²) in [5.74, 6) is 1.67. The molecule has 142 valence electrons. The van der Waals surface area contributed by atoms with Gasteiger partial charge in [0.15, 0.2) is 11.6 Å². The van der Waals surface area contributed by atoms with E-state index in [0.717, 1.165) is 0 Å². The zero-order valence-electron chi connectivity index (χ0n) is 15.7. The van der Waals surface area contributed by atoms with Gasteiger partial charge in [0.1, 0.15) is 17.2 Å². The van der Waals surface area contributed by atoms with Gasteiger partial charge in [-0.2, -0.15) is 0 Å². The molecule has 1 heterocycles. The van der Waals surface area contributed by atoms with Gasteiger partial charge in [-0.05, 0) is 31.3 Å². The summed E-state index contributed by atoms with van der Waals surface area (Å²) >= 11 is 0. The third-order valence-electron chi connectivity index (χ3n) is 3.52. The van der Waals surface area contributed by atoms with Crippen LogP contribution in [-0.4, -0.2) is 24.5 Å². The van der Waals surface area contributed by atoms with Gasteiger partial charge in [-0.1, -0.05) is 32.6 Å². The molecule has 0 saturated carbocycles. The van der Waals surface area contributed by atoms with Crippen LogP contribution in [0.25, 0.3) is 0 Å². The molecule has 0 saturated heterocycles. The van der Waals surface area contributed by atoms with E-state index in [1.165, 1.54) is 0 Å². The summed E-state index contributed by atoms with van der Waals surface area (Å²) in [5, 5.41) is 13.7. The van der Waals surface area contributed by atoms with Gasteiger partial charge in [0.2, 0.25) is 5.91 Å². The first-order valence-corrected chi connectivity index (χ1v) is 8.49. The number of carbonyl (C=O) groups is 1. The molecule has 0 fully saturated rings. The van der Waals surface area contributed by atoms with Gasteiger partial charge in [0.25, 0.3) is 0 Å². The molecular weight excluding hydrogens is 344 g/mol. The molecule has 1 aromatic carbocycles. The number of aromatic nitrogens is 1. The van der Waals surface area contributed by atoms with Crippen molar-refractivity contribution in [1.29, 1.82) is 0 Å². The topological polar surface area (TPSA) is 114 Å². The van der Waals surface area contributed by atoms with Crippen LogP contribution < -0.4 is 21.1 Å². The Balaban J connectivity index is 2.16. The van der Waals surface area contributed by atoms with Crippen molar-refractivity contribution in [3.8, 4) is 5.75 Å². The van der Waals surface area contributed by atoms with E-state index in [-0.39, 0.29) is 24.2 Å². The first-order valence-electron chi connectivity index (χ1n) is 8.49. The van der Waals surface area contributed by atoms with Crippen LogP contribution in [0.5, 0.6) is 5.75 Å². The molecule has 0 radical (unpaired) electrons. The van der Waals surface area contributed by atoms with E-state index in [4.69, 9.17) is 10.5 Å². The minimum Gasteiger partial charge on any atom is -0.460 e. The molecule has 1 aromatic heterocycles. The summed E-state index contributed by atoms with van der Waals surface area (Å²) in [6.07, 6.45) is 0. The average molecular weight is 368 g/mol. The van der Waals surface area contributed by atoms with Crippen molar-refractivity contribution in [2.75, 3.05) is 24.6 Å². The molecule has 4 N–H and O–H groups in total. The summed E-state index contributed by atoms with van der Waals surface area (Å²) in [6.45, 7) is 8.08. The second-order valence-corrected chi connectivity index (χ2v) is 6.07. The first-order chi connectivity index (χ1) is 12.9. The smallest absolute Gasteiger partial charge is 0.239 e. The number of amides is 1. The van der Waals surface area contributed by atoms with Crippen molar-refractivity contribution in [3.63, 3.8) is 0 Å². The van der Waals surface area contributed by atoms with Crippen LogP contribution in [0.2, 0.25) is 0 Å². The number of benzene rings is 1. The molecular formula is C19H24N6O2. The number of hydrogen-bond donors (Lipinski definition) is 3. The van der Waals surface area contributed by atoms with Crippen LogP contribution >= 0.6 is 0 Å². The minimum atomic E-state index is -0.213. The Bertz CT molecular complexity index is 848. The summed E-state index contributed by atoms with van der Waals surface area (Å²) in [6, 6.07) is 10.5. The summed E-state index contributed by atoms with van der Waals surface area (Å²) in [5.41, 5.74) is 6.85. The van der Waals surface area contributed by atoms with Gasteiger partial charge in [0, 0.05) is 5.92 Å². The molecule has 2 rings (SSSR count). The first kappa shape index (κ1) is 20.1. The van der Waals surface area contributed by atoms with E-state index >= 15 is 0 Å². The van der Waals surface area contributed by atoms with Gasteiger partial charge in [0.05, 0.1) is 12.3 Å². The highest BCUT2D eigenvalue weighted by Gasteiger charge is 2.09. The number of likely N-dealkylation sites (N-methyl/N-ethyl adjacent to an activating group) is 1. The molecule has 0 aliphatic heterocycles. The molecule has 1 amide bonds. The predicted molar refractivity (Wildman–Crippen MR) is 106 cm³/mol. The number of nitrogen functional groups attached to an aromatic ring is 1. The van der Waals surface area contributed by atoms with Crippen molar-refractivity contribution >= 4 is 28.9 Å². The Hall–Kier alpha value is -3.26. The number of azo groups is 1. The Labute approximate surface area is 158 Å². The predicted octanol–water partition coefficient (Wildman–Crippen LogP) is 3.79. The van der Waals surface area contributed by atoms with Crippen molar-refractivity contribution in [3.05, 3.63) is 48.7 Å². The third-order valence-corrected chi connectivity index (χ3v) is 3.52. The van der Waals surface area contributed by atoms with Crippen molar-refractivity contribution in [2.45, 2.75) is 13.8 Å². The number of hydrogen-bond acceptors (Lipinski definition) is 7. The van der Waals surface area contributed by atoms with Crippen LogP contribution in [-0.2, 0) is 4.79 Å². The Morgan fingerprint density at radius 3 is 2.59 bits per heavy atom. The number of rotatable bonds is 8. The van der Waals surface area contributed by atoms with Crippen molar-refractivity contribution < 1.29 is 9.53 Å². The Kier molecular flexibility index (Phi) is 7.01. The van der Waals surface area contributed by atoms with Gasteiger partial charge < -0.3 is 21.1 Å². The maximum atomic E-state index is 11.6. The number of nitrogens with two attached hydrogens (primary N) is 1. The van der Waals surface area contributed by atoms with Crippen molar-refractivity contribution in [2.24, 2.45) is 16.1 Å². The second-order valence-electron chi connectivity index (χ2n) is 6.07. The Morgan fingerprint density at radius 2 is 1.93 bits per heavy atom. The monoisotopic (exact) mass is 368 g/mol. The Morgan fingerprint density at radius 1 is 1.22 bits per heavy atom. The van der Waals surface area contributed by atoms with E-state index in [0.29, 0.717) is 28.7 Å². The zero-order valence-corrected chi connectivity index (χ0v) is 15.7. The molecule has 0 spiro atoms. The van der Waals surface area contributed by atoms with Crippen LogP contribution in [0.3, 0.4) is 0 Å². The van der Waals surface area contributed by atoms with Crippen LogP contribution in [0.15, 0.2) is 59.0 Å². The maximum absolute atomic E-state index is 11.6. The lowest BCUT2D eigenvalue weighted by Gasteiger charge is -2.12. The van der Waals surface area contributed by atoms with E-state index < -0.39 is 0 Å². The van der Waals surface area contributed by atoms with Gasteiger partial charge in [-0.25, -0.2) is 4.98 Å². The fourth-order valence-electron chi connectivity index (χ4n) is 1.96. The SMILES string of the molecule is C=C(Oc1ccccc1/N=N/c1ccc(NC(=O)CNC)nc1N)C(C)C. The number of carbonyl (C=O) groups excluding carboxylic acids is 1. The van der Waals surface area contributed by atoms with Gasteiger partial charge in [-0.3, -0.25) is 4.79 Å². The van der Waals surface area contributed by atoms with Crippen LogP contribution in [0.4, 0.5) is 23.0 Å². The molecule has 0 unspecified atom stereocenters. The fourth-order valence-corrected chi connectivity index (χ4v) is 1.96. The zero-order chi connectivity index (χ0) is 19.8. The summed E-state index contributed by atoms with van der Waals surface area (Å²) < 4.78 is 5.76. The lowest BCUT2D eigenvalue weighted by molar-refractivity contribution is -0.115. The molecule has 2 aromatic rings. The van der Waals surface area contributed by atoms with E-state index in [1.807, 2.05) is 26.0 Å². The number of ether oxygens (including phenoxy) is 1. The van der Waals surface area contributed by atoms with Crippen LogP contribution in [0, 0.1) is 5.92 Å². The lowest BCUT2D eigenvalue weighted by Crippen LogP contribution is -2.25. The number of pyridine rings is 1. The van der Waals surface area contributed by atoms with E-state index in [9.17, 15) is 4.79 Å². The largest absolute Gasteiger partial charge is 0.460 e.